The third kappa shape index (κ3) is 4.69. The number of hydrogen-bond donors (Lipinski definition) is 0. The van der Waals surface area contributed by atoms with Gasteiger partial charge < -0.3 is 14.2 Å². The molecule has 0 radical (unpaired) electrons. The number of methoxy groups -OCH3 is 1. The van der Waals surface area contributed by atoms with Gasteiger partial charge in [0.25, 0.3) is 0 Å². The number of halogens is 3. The second-order valence-electron chi connectivity index (χ2n) is 3.49. The van der Waals surface area contributed by atoms with Crippen LogP contribution in [0.25, 0.3) is 0 Å². The smallest absolute Gasteiger partial charge is 0.422 e. The number of carbonyl (C=O) groups excluding carboxylic acids is 1. The molecule has 1 rings (SSSR count). The second kappa shape index (κ2) is 6.31. The Balaban J connectivity index is 2.87. The topological polar surface area (TPSA) is 44.8 Å². The largest absolute Gasteiger partial charge is 0.493 e. The molecule has 0 heterocycles. The zero-order chi connectivity index (χ0) is 14.5. The minimum absolute atomic E-state index is 0.0369. The van der Waals surface area contributed by atoms with Gasteiger partial charge in [0.15, 0.2) is 18.1 Å². The van der Waals surface area contributed by atoms with Gasteiger partial charge in [0.1, 0.15) is 0 Å². The standard InChI is InChI=1S/C12H13F3O4/c1-3-18-11(16)8-4-5-9(10(6-8)17-2)19-7-12(13,14)15/h4-6H,3,7H2,1-2H3. The lowest BCUT2D eigenvalue weighted by Crippen LogP contribution is -2.19. The highest BCUT2D eigenvalue weighted by Crippen LogP contribution is 2.30. The Kier molecular flexibility index (Phi) is 5.02. The van der Waals surface area contributed by atoms with Crippen molar-refractivity contribution in [3.8, 4) is 11.5 Å². The first-order valence-electron chi connectivity index (χ1n) is 5.42. The fourth-order valence-corrected chi connectivity index (χ4v) is 1.29. The maximum Gasteiger partial charge on any atom is 0.422 e. The molecule has 0 bridgehead atoms. The van der Waals surface area contributed by atoms with Gasteiger partial charge in [0, 0.05) is 0 Å². The highest BCUT2D eigenvalue weighted by molar-refractivity contribution is 5.90. The monoisotopic (exact) mass is 278 g/mol. The van der Waals surface area contributed by atoms with Gasteiger partial charge in [-0.15, -0.1) is 0 Å². The van der Waals surface area contributed by atoms with Crippen LogP contribution in [-0.2, 0) is 4.74 Å². The molecule has 19 heavy (non-hydrogen) atoms. The number of esters is 1. The van der Waals surface area contributed by atoms with Crippen LogP contribution < -0.4 is 9.47 Å². The lowest BCUT2D eigenvalue weighted by Gasteiger charge is -2.13. The first-order valence-corrected chi connectivity index (χ1v) is 5.42. The summed E-state index contributed by atoms with van der Waals surface area (Å²) in [6.07, 6.45) is -4.44. The molecule has 0 N–H and O–H groups in total. The first kappa shape index (κ1) is 15.1. The Labute approximate surface area is 108 Å². The first-order chi connectivity index (χ1) is 8.87. The fourth-order valence-electron chi connectivity index (χ4n) is 1.29. The summed E-state index contributed by atoms with van der Waals surface area (Å²) in [5.41, 5.74) is 0.179. The average Bonchev–Trinajstić information content (AvgIpc) is 2.35. The van der Waals surface area contributed by atoms with E-state index in [1.165, 1.54) is 25.3 Å². The zero-order valence-electron chi connectivity index (χ0n) is 10.4. The Morgan fingerprint density at radius 1 is 1.26 bits per heavy atom. The van der Waals surface area contributed by atoms with E-state index in [0.29, 0.717) is 0 Å². The third-order valence-corrected chi connectivity index (χ3v) is 2.07. The summed E-state index contributed by atoms with van der Waals surface area (Å²) in [6.45, 7) is 0.422. The van der Waals surface area contributed by atoms with Gasteiger partial charge in [-0.2, -0.15) is 13.2 Å². The van der Waals surface area contributed by atoms with Crippen LogP contribution in [0.5, 0.6) is 11.5 Å². The molecule has 0 saturated carbocycles. The summed E-state index contributed by atoms with van der Waals surface area (Å²) in [6, 6.07) is 3.81. The van der Waals surface area contributed by atoms with Crippen molar-refractivity contribution in [2.75, 3.05) is 20.3 Å². The maximum atomic E-state index is 12.0. The zero-order valence-corrected chi connectivity index (χ0v) is 10.4. The van der Waals surface area contributed by atoms with E-state index in [4.69, 9.17) is 9.47 Å². The van der Waals surface area contributed by atoms with E-state index in [9.17, 15) is 18.0 Å². The lowest BCUT2D eigenvalue weighted by molar-refractivity contribution is -0.153. The highest BCUT2D eigenvalue weighted by Gasteiger charge is 2.29. The van der Waals surface area contributed by atoms with E-state index in [0.717, 1.165) is 0 Å². The van der Waals surface area contributed by atoms with Gasteiger partial charge in [-0.05, 0) is 25.1 Å². The van der Waals surface area contributed by atoms with Crippen molar-refractivity contribution in [3.05, 3.63) is 23.8 Å². The predicted octanol–water partition coefficient (Wildman–Crippen LogP) is 2.81. The van der Waals surface area contributed by atoms with Crippen molar-refractivity contribution >= 4 is 5.97 Å². The number of benzene rings is 1. The van der Waals surface area contributed by atoms with Gasteiger partial charge in [0.2, 0.25) is 0 Å². The van der Waals surface area contributed by atoms with Crippen LogP contribution in [0.3, 0.4) is 0 Å². The third-order valence-electron chi connectivity index (χ3n) is 2.07. The number of rotatable bonds is 5. The van der Waals surface area contributed by atoms with Crippen molar-refractivity contribution in [2.45, 2.75) is 13.1 Å². The maximum absolute atomic E-state index is 12.0. The van der Waals surface area contributed by atoms with Crippen LogP contribution in [0.1, 0.15) is 17.3 Å². The molecule has 0 saturated heterocycles. The molecule has 7 heteroatoms. The van der Waals surface area contributed by atoms with Gasteiger partial charge in [0.05, 0.1) is 19.3 Å². The van der Waals surface area contributed by atoms with Crippen molar-refractivity contribution < 1.29 is 32.2 Å². The summed E-state index contributed by atoms with van der Waals surface area (Å²) in [4.78, 5) is 11.4. The average molecular weight is 278 g/mol. The SMILES string of the molecule is CCOC(=O)c1ccc(OCC(F)(F)F)c(OC)c1. The summed E-state index contributed by atoms with van der Waals surface area (Å²) in [5, 5.41) is 0. The molecule has 0 amide bonds. The van der Waals surface area contributed by atoms with Gasteiger partial charge in [-0.25, -0.2) is 4.79 Å². The molecule has 0 spiro atoms. The molecule has 1 aromatic carbocycles. The van der Waals surface area contributed by atoms with Crippen LogP contribution in [0.2, 0.25) is 0 Å². The molecule has 0 fully saturated rings. The van der Waals surface area contributed by atoms with Gasteiger partial charge in [-0.3, -0.25) is 0 Å². The summed E-state index contributed by atoms with van der Waals surface area (Å²) in [7, 11) is 1.27. The van der Waals surface area contributed by atoms with Crippen molar-refractivity contribution in [1.29, 1.82) is 0 Å². The minimum atomic E-state index is -4.44. The fraction of sp³-hybridized carbons (Fsp3) is 0.417. The van der Waals surface area contributed by atoms with Crippen molar-refractivity contribution in [1.82, 2.24) is 0 Å². The van der Waals surface area contributed by atoms with E-state index >= 15 is 0 Å². The van der Waals surface area contributed by atoms with Crippen LogP contribution in [0.4, 0.5) is 13.2 Å². The highest BCUT2D eigenvalue weighted by atomic mass is 19.4. The molecule has 0 aliphatic rings. The normalized spacial score (nSPS) is 11.0. The van der Waals surface area contributed by atoms with Gasteiger partial charge >= 0.3 is 12.1 Å². The quantitative estimate of drug-likeness (QED) is 0.777. The molecule has 0 aliphatic carbocycles. The summed E-state index contributed by atoms with van der Waals surface area (Å²) < 4.78 is 50.4. The van der Waals surface area contributed by atoms with E-state index in [1.54, 1.807) is 6.92 Å². The molecule has 4 nitrogen and oxygen atoms in total. The van der Waals surface area contributed by atoms with Gasteiger partial charge in [-0.1, -0.05) is 0 Å². The molecular weight excluding hydrogens is 265 g/mol. The van der Waals surface area contributed by atoms with Crippen molar-refractivity contribution in [2.24, 2.45) is 0 Å². The summed E-state index contributed by atoms with van der Waals surface area (Å²) in [5.74, 6) is -0.633. The molecule has 1 aromatic rings. The van der Waals surface area contributed by atoms with E-state index in [-0.39, 0.29) is 23.7 Å². The van der Waals surface area contributed by atoms with Crippen LogP contribution in [-0.4, -0.2) is 32.5 Å². The van der Waals surface area contributed by atoms with Crippen LogP contribution >= 0.6 is 0 Å². The van der Waals surface area contributed by atoms with E-state index < -0.39 is 18.8 Å². The molecule has 0 aliphatic heterocycles. The molecular formula is C12H13F3O4. The van der Waals surface area contributed by atoms with E-state index in [2.05, 4.69) is 4.74 Å². The Morgan fingerprint density at radius 2 is 1.95 bits per heavy atom. The summed E-state index contributed by atoms with van der Waals surface area (Å²) >= 11 is 0. The molecule has 0 atom stereocenters. The van der Waals surface area contributed by atoms with Crippen LogP contribution in [0.15, 0.2) is 18.2 Å². The minimum Gasteiger partial charge on any atom is -0.493 e. The van der Waals surface area contributed by atoms with Crippen molar-refractivity contribution in [3.63, 3.8) is 0 Å². The lowest BCUT2D eigenvalue weighted by atomic mass is 10.2. The number of alkyl halides is 3. The molecule has 0 unspecified atom stereocenters. The Morgan fingerprint density at radius 3 is 2.47 bits per heavy atom. The molecule has 0 aromatic heterocycles. The number of hydrogen-bond acceptors (Lipinski definition) is 4. The Hall–Kier alpha value is -1.92. The van der Waals surface area contributed by atoms with E-state index in [1.807, 2.05) is 0 Å². The van der Waals surface area contributed by atoms with Crippen LogP contribution in [0, 0.1) is 0 Å². The number of carbonyl (C=O) groups is 1. The second-order valence-corrected chi connectivity index (χ2v) is 3.49. The Bertz CT molecular complexity index is 443. The molecule has 106 valence electrons. The predicted molar refractivity (Wildman–Crippen MR) is 60.5 cm³/mol. The number of ether oxygens (including phenoxy) is 3.